The van der Waals surface area contributed by atoms with Crippen LogP contribution in [0.5, 0.6) is 0 Å². The molecular weight excluding hydrogens is 192 g/mol. The van der Waals surface area contributed by atoms with Gasteiger partial charge in [-0.3, -0.25) is 0 Å². The van der Waals surface area contributed by atoms with Crippen LogP contribution < -0.4 is 0 Å². The van der Waals surface area contributed by atoms with E-state index in [2.05, 4.69) is 38.1 Å². The predicted octanol–water partition coefficient (Wildman–Crippen LogP) is 4.47. The minimum absolute atomic E-state index is 0.445. The van der Waals surface area contributed by atoms with Crippen LogP contribution in [0.3, 0.4) is 0 Å². The first-order valence-electron chi connectivity index (χ1n) is 6.74. The summed E-state index contributed by atoms with van der Waals surface area (Å²) < 4.78 is 0. The van der Waals surface area contributed by atoms with Crippen LogP contribution in [0.1, 0.15) is 57.1 Å². The summed E-state index contributed by atoms with van der Waals surface area (Å²) in [6.07, 6.45) is 8.40. The molecule has 3 rings (SSSR count). The molecule has 0 bridgehead atoms. The van der Waals surface area contributed by atoms with Gasteiger partial charge in [-0.15, -0.1) is 0 Å². The van der Waals surface area contributed by atoms with E-state index in [0.717, 1.165) is 0 Å². The maximum atomic E-state index is 2.53. The van der Waals surface area contributed by atoms with Gasteiger partial charge in [0.2, 0.25) is 0 Å². The molecule has 1 aromatic rings. The van der Waals surface area contributed by atoms with E-state index in [4.69, 9.17) is 0 Å². The fourth-order valence-electron chi connectivity index (χ4n) is 4.12. The predicted molar refractivity (Wildman–Crippen MR) is 68.7 cm³/mol. The number of hydrogen-bond donors (Lipinski definition) is 0. The van der Waals surface area contributed by atoms with Crippen molar-refractivity contribution in [3.63, 3.8) is 0 Å². The zero-order valence-electron chi connectivity index (χ0n) is 10.6. The molecule has 2 aliphatic carbocycles. The Balaban J connectivity index is 2.14. The van der Waals surface area contributed by atoms with Gasteiger partial charge in [-0.1, -0.05) is 57.4 Å². The van der Waals surface area contributed by atoms with E-state index in [1.165, 1.54) is 38.5 Å². The summed E-state index contributed by atoms with van der Waals surface area (Å²) in [7, 11) is 0. The summed E-state index contributed by atoms with van der Waals surface area (Å²) in [4.78, 5) is 0. The van der Waals surface area contributed by atoms with Gasteiger partial charge in [0.15, 0.2) is 0 Å². The molecule has 0 heteroatoms. The molecule has 0 aliphatic heterocycles. The Morgan fingerprint density at radius 1 is 0.938 bits per heavy atom. The molecule has 0 amide bonds. The van der Waals surface area contributed by atoms with Crippen molar-refractivity contribution in [2.24, 2.45) is 5.41 Å². The number of benzene rings is 1. The van der Waals surface area contributed by atoms with Crippen molar-refractivity contribution >= 4 is 0 Å². The Labute approximate surface area is 99.1 Å². The zero-order chi connectivity index (χ0) is 11.2. The van der Waals surface area contributed by atoms with Crippen LogP contribution in [0.25, 0.3) is 0 Å². The third-order valence-electron chi connectivity index (χ3n) is 5.43. The Kier molecular flexibility index (Phi) is 2.18. The van der Waals surface area contributed by atoms with Crippen molar-refractivity contribution in [3.05, 3.63) is 35.4 Å². The van der Waals surface area contributed by atoms with Crippen molar-refractivity contribution in [1.29, 1.82) is 0 Å². The van der Waals surface area contributed by atoms with Crippen molar-refractivity contribution in [3.8, 4) is 0 Å². The van der Waals surface area contributed by atoms with Gasteiger partial charge in [-0.2, -0.15) is 0 Å². The van der Waals surface area contributed by atoms with Gasteiger partial charge < -0.3 is 0 Å². The lowest BCUT2D eigenvalue weighted by Crippen LogP contribution is -2.36. The monoisotopic (exact) mass is 214 g/mol. The minimum atomic E-state index is 0.445. The summed E-state index contributed by atoms with van der Waals surface area (Å²) >= 11 is 0. The molecule has 86 valence electrons. The molecule has 0 spiro atoms. The quantitative estimate of drug-likeness (QED) is 0.597. The molecule has 1 aromatic carbocycles. The van der Waals surface area contributed by atoms with Crippen molar-refractivity contribution < 1.29 is 0 Å². The summed E-state index contributed by atoms with van der Waals surface area (Å²) in [5, 5.41) is 0. The van der Waals surface area contributed by atoms with Crippen molar-refractivity contribution in [2.45, 2.75) is 57.8 Å². The first kappa shape index (κ1) is 10.4. The van der Waals surface area contributed by atoms with Crippen LogP contribution in [-0.4, -0.2) is 0 Å². The van der Waals surface area contributed by atoms with Gasteiger partial charge in [0, 0.05) is 0 Å². The van der Waals surface area contributed by atoms with Gasteiger partial charge in [-0.25, -0.2) is 0 Å². The normalized spacial score (nSPS) is 37.6. The van der Waals surface area contributed by atoms with E-state index in [1.807, 2.05) is 0 Å². The minimum Gasteiger partial charge on any atom is -0.0620 e. The molecule has 0 N–H and O–H groups in total. The first-order chi connectivity index (χ1) is 7.66. The summed E-state index contributed by atoms with van der Waals surface area (Å²) in [5.74, 6) is 0. The second-order valence-corrected chi connectivity index (χ2v) is 6.29. The molecule has 2 aliphatic rings. The van der Waals surface area contributed by atoms with Crippen LogP contribution in [-0.2, 0) is 11.8 Å². The molecule has 2 unspecified atom stereocenters. The first-order valence-corrected chi connectivity index (χ1v) is 6.74. The topological polar surface area (TPSA) is 0 Å². The van der Waals surface area contributed by atoms with Crippen LogP contribution in [0.2, 0.25) is 0 Å². The Morgan fingerprint density at radius 3 is 2.56 bits per heavy atom. The molecule has 1 saturated carbocycles. The van der Waals surface area contributed by atoms with Crippen molar-refractivity contribution in [2.75, 3.05) is 0 Å². The fraction of sp³-hybridized carbons (Fsp3) is 0.625. The van der Waals surface area contributed by atoms with Crippen LogP contribution in [0.15, 0.2) is 24.3 Å². The molecule has 1 fully saturated rings. The van der Waals surface area contributed by atoms with E-state index >= 15 is 0 Å². The second kappa shape index (κ2) is 3.35. The smallest absolute Gasteiger partial charge is 0.00156 e. The molecule has 16 heavy (non-hydrogen) atoms. The summed E-state index contributed by atoms with van der Waals surface area (Å²) in [6.45, 7) is 5.04. The number of rotatable bonds is 0. The van der Waals surface area contributed by atoms with E-state index < -0.39 is 0 Å². The SMILES string of the molecule is CC12CCCCCC1(C)c1ccccc1C2. The van der Waals surface area contributed by atoms with E-state index in [-0.39, 0.29) is 0 Å². The molecule has 0 heterocycles. The largest absolute Gasteiger partial charge is 0.0620 e. The Morgan fingerprint density at radius 2 is 1.69 bits per heavy atom. The van der Waals surface area contributed by atoms with E-state index in [9.17, 15) is 0 Å². The maximum absolute atomic E-state index is 2.53. The van der Waals surface area contributed by atoms with Gasteiger partial charge in [0.05, 0.1) is 0 Å². The summed E-state index contributed by atoms with van der Waals surface area (Å²) in [6, 6.07) is 9.16. The van der Waals surface area contributed by atoms with Crippen molar-refractivity contribution in [1.82, 2.24) is 0 Å². The van der Waals surface area contributed by atoms with Crippen LogP contribution >= 0.6 is 0 Å². The Hall–Kier alpha value is -0.780. The molecular formula is C16H22. The van der Waals surface area contributed by atoms with Gasteiger partial charge in [-0.05, 0) is 41.2 Å². The molecule has 2 atom stereocenters. The standard InChI is InChI=1S/C16H22/c1-15-10-6-3-7-11-16(15,2)14-9-5-4-8-13(14)12-15/h4-5,8-9H,3,6-7,10-12H2,1-2H3. The van der Waals surface area contributed by atoms with Gasteiger partial charge in [0.25, 0.3) is 0 Å². The lowest BCUT2D eigenvalue weighted by molar-refractivity contribution is 0.163. The van der Waals surface area contributed by atoms with Crippen LogP contribution in [0, 0.1) is 5.41 Å². The third kappa shape index (κ3) is 1.22. The highest BCUT2D eigenvalue weighted by Crippen LogP contribution is 2.57. The zero-order valence-corrected chi connectivity index (χ0v) is 10.6. The van der Waals surface area contributed by atoms with Gasteiger partial charge in [0.1, 0.15) is 0 Å². The highest BCUT2D eigenvalue weighted by atomic mass is 14.5. The highest BCUT2D eigenvalue weighted by Gasteiger charge is 2.51. The molecule has 0 saturated heterocycles. The van der Waals surface area contributed by atoms with E-state index in [0.29, 0.717) is 10.8 Å². The maximum Gasteiger partial charge on any atom is -0.00156 e. The van der Waals surface area contributed by atoms with Crippen LogP contribution in [0.4, 0.5) is 0 Å². The average molecular weight is 214 g/mol. The van der Waals surface area contributed by atoms with E-state index in [1.54, 1.807) is 11.1 Å². The summed E-state index contributed by atoms with van der Waals surface area (Å²) in [5.41, 5.74) is 4.24. The highest BCUT2D eigenvalue weighted by molar-refractivity contribution is 5.42. The second-order valence-electron chi connectivity index (χ2n) is 6.29. The molecule has 0 nitrogen and oxygen atoms in total. The lowest BCUT2D eigenvalue weighted by Gasteiger charge is -2.41. The van der Waals surface area contributed by atoms with Gasteiger partial charge >= 0.3 is 0 Å². The Bertz CT molecular complexity index is 406. The lowest BCUT2D eigenvalue weighted by atomic mass is 9.63. The number of hydrogen-bond acceptors (Lipinski definition) is 0. The third-order valence-corrected chi connectivity index (χ3v) is 5.43. The average Bonchev–Trinajstić information content (AvgIpc) is 2.39. The molecule has 0 aromatic heterocycles. The molecule has 0 radical (unpaired) electrons. The fourth-order valence-corrected chi connectivity index (χ4v) is 4.12. The number of fused-ring (bicyclic) bond motifs is 3.